The summed E-state index contributed by atoms with van der Waals surface area (Å²) in [6.45, 7) is 3.55. The van der Waals surface area contributed by atoms with Crippen LogP contribution in [0.2, 0.25) is 0 Å². The third kappa shape index (κ3) is 2.89. The standard InChI is InChI=1S/C18H23FN2O/c19-16-3-1-2-14(8-16)11-20-7-6-15-9-17(20)18(22)21(12-15)10-13-4-5-13/h1-3,8,13,15,17H,4-7,9-12H2/t15-,17+/m0/s1. The summed E-state index contributed by atoms with van der Waals surface area (Å²) < 4.78 is 13.4. The summed E-state index contributed by atoms with van der Waals surface area (Å²) in [5.41, 5.74) is 0.963. The van der Waals surface area contributed by atoms with Gasteiger partial charge in [0.15, 0.2) is 0 Å². The molecule has 2 aliphatic heterocycles. The maximum Gasteiger partial charge on any atom is 0.239 e. The molecule has 2 atom stereocenters. The van der Waals surface area contributed by atoms with Gasteiger partial charge in [-0.1, -0.05) is 12.1 Å². The summed E-state index contributed by atoms with van der Waals surface area (Å²) in [6, 6.07) is 6.76. The van der Waals surface area contributed by atoms with Gasteiger partial charge in [-0.15, -0.1) is 0 Å². The molecular formula is C18H23FN2O. The molecule has 0 aromatic heterocycles. The number of hydrogen-bond acceptors (Lipinski definition) is 2. The van der Waals surface area contributed by atoms with Crippen LogP contribution in [0.15, 0.2) is 24.3 Å². The normalized spacial score (nSPS) is 29.0. The van der Waals surface area contributed by atoms with Crippen molar-refractivity contribution in [3.8, 4) is 0 Å². The van der Waals surface area contributed by atoms with Crippen LogP contribution >= 0.6 is 0 Å². The minimum atomic E-state index is -0.197. The third-order valence-corrected chi connectivity index (χ3v) is 5.35. The number of fused-ring (bicyclic) bond motifs is 2. The van der Waals surface area contributed by atoms with Crippen molar-refractivity contribution in [3.63, 3.8) is 0 Å². The number of carbonyl (C=O) groups is 1. The van der Waals surface area contributed by atoms with Gasteiger partial charge in [-0.2, -0.15) is 0 Å². The van der Waals surface area contributed by atoms with E-state index in [1.165, 1.54) is 18.9 Å². The summed E-state index contributed by atoms with van der Waals surface area (Å²) in [5.74, 6) is 1.52. The highest BCUT2D eigenvalue weighted by atomic mass is 19.1. The van der Waals surface area contributed by atoms with Gasteiger partial charge in [-0.05, 0) is 61.8 Å². The molecule has 118 valence electrons. The van der Waals surface area contributed by atoms with Crippen molar-refractivity contribution in [1.82, 2.24) is 9.80 Å². The Morgan fingerprint density at radius 1 is 1.23 bits per heavy atom. The molecule has 2 saturated heterocycles. The molecule has 0 N–H and O–H groups in total. The third-order valence-electron chi connectivity index (χ3n) is 5.35. The van der Waals surface area contributed by atoms with Gasteiger partial charge in [0.05, 0.1) is 6.04 Å². The van der Waals surface area contributed by atoms with E-state index in [0.717, 1.165) is 44.0 Å². The second-order valence-corrected chi connectivity index (χ2v) is 7.19. The summed E-state index contributed by atoms with van der Waals surface area (Å²) in [4.78, 5) is 17.1. The Morgan fingerprint density at radius 3 is 2.86 bits per heavy atom. The number of nitrogens with zero attached hydrogens (tertiary/aromatic N) is 2. The van der Waals surface area contributed by atoms with Crippen LogP contribution in [0.5, 0.6) is 0 Å². The number of carbonyl (C=O) groups excluding carboxylic acids is 1. The second kappa shape index (κ2) is 5.65. The van der Waals surface area contributed by atoms with E-state index in [4.69, 9.17) is 0 Å². The number of hydrogen-bond donors (Lipinski definition) is 0. The van der Waals surface area contributed by atoms with Crippen LogP contribution in [0.25, 0.3) is 0 Å². The van der Waals surface area contributed by atoms with Crippen molar-refractivity contribution in [1.29, 1.82) is 0 Å². The van der Waals surface area contributed by atoms with Crippen LogP contribution in [-0.4, -0.2) is 41.4 Å². The molecule has 3 fully saturated rings. The molecule has 1 aromatic carbocycles. The Bertz CT molecular complexity index is 572. The molecular weight excluding hydrogens is 279 g/mol. The lowest BCUT2D eigenvalue weighted by atomic mass is 9.85. The SMILES string of the molecule is O=C1[C@H]2C[C@H](CCN2Cc2cccc(F)c2)CN1CC1CC1. The molecule has 3 aliphatic rings. The highest BCUT2D eigenvalue weighted by Gasteiger charge is 2.42. The average molecular weight is 302 g/mol. The van der Waals surface area contributed by atoms with E-state index in [9.17, 15) is 9.18 Å². The van der Waals surface area contributed by atoms with Crippen LogP contribution in [0.4, 0.5) is 4.39 Å². The fourth-order valence-electron chi connectivity index (χ4n) is 3.96. The Hall–Kier alpha value is -1.42. The van der Waals surface area contributed by atoms with Crippen LogP contribution in [0.3, 0.4) is 0 Å². The number of benzene rings is 1. The quantitative estimate of drug-likeness (QED) is 0.854. The molecule has 22 heavy (non-hydrogen) atoms. The zero-order valence-corrected chi connectivity index (χ0v) is 12.9. The highest BCUT2D eigenvalue weighted by Crippen LogP contribution is 2.35. The van der Waals surface area contributed by atoms with Crippen LogP contribution in [-0.2, 0) is 11.3 Å². The Morgan fingerprint density at radius 2 is 2.09 bits per heavy atom. The van der Waals surface area contributed by atoms with Gasteiger partial charge in [0, 0.05) is 19.6 Å². The Kier molecular flexibility index (Phi) is 3.65. The molecule has 1 amide bonds. The lowest BCUT2D eigenvalue weighted by molar-refractivity contribution is -0.146. The first-order chi connectivity index (χ1) is 10.7. The van der Waals surface area contributed by atoms with Crippen molar-refractivity contribution < 1.29 is 9.18 Å². The number of rotatable bonds is 4. The van der Waals surface area contributed by atoms with Gasteiger partial charge in [-0.3, -0.25) is 9.69 Å². The molecule has 4 heteroatoms. The van der Waals surface area contributed by atoms with Crippen molar-refractivity contribution >= 4 is 5.91 Å². The molecule has 4 rings (SSSR count). The molecule has 3 nitrogen and oxygen atoms in total. The topological polar surface area (TPSA) is 23.6 Å². The van der Waals surface area contributed by atoms with E-state index in [1.54, 1.807) is 12.1 Å². The second-order valence-electron chi connectivity index (χ2n) is 7.19. The van der Waals surface area contributed by atoms with Crippen LogP contribution in [0, 0.1) is 17.7 Å². The van der Waals surface area contributed by atoms with E-state index in [2.05, 4.69) is 9.80 Å². The van der Waals surface area contributed by atoms with E-state index >= 15 is 0 Å². The summed E-state index contributed by atoms with van der Waals surface area (Å²) in [6.07, 6.45) is 4.70. The molecule has 2 bridgehead atoms. The molecule has 1 aromatic rings. The predicted molar refractivity (Wildman–Crippen MR) is 82.6 cm³/mol. The number of piperidine rings is 2. The Labute approximate surface area is 131 Å². The van der Waals surface area contributed by atoms with Crippen molar-refractivity contribution in [3.05, 3.63) is 35.6 Å². The number of amides is 1. The minimum absolute atomic E-state index is 0.00881. The van der Waals surface area contributed by atoms with Gasteiger partial charge in [0.25, 0.3) is 0 Å². The zero-order chi connectivity index (χ0) is 15.1. The summed E-state index contributed by atoms with van der Waals surface area (Å²) >= 11 is 0. The van der Waals surface area contributed by atoms with E-state index < -0.39 is 0 Å². The first-order valence-corrected chi connectivity index (χ1v) is 8.46. The minimum Gasteiger partial charge on any atom is -0.341 e. The largest absolute Gasteiger partial charge is 0.341 e. The van der Waals surface area contributed by atoms with Gasteiger partial charge in [0.2, 0.25) is 5.91 Å². The lowest BCUT2D eigenvalue weighted by Gasteiger charge is -2.46. The van der Waals surface area contributed by atoms with Crippen molar-refractivity contribution in [2.45, 2.75) is 38.3 Å². The van der Waals surface area contributed by atoms with Crippen molar-refractivity contribution in [2.75, 3.05) is 19.6 Å². The first kappa shape index (κ1) is 14.2. The van der Waals surface area contributed by atoms with Gasteiger partial charge in [0.1, 0.15) is 5.82 Å². The fourth-order valence-corrected chi connectivity index (χ4v) is 3.96. The summed E-state index contributed by atoms with van der Waals surface area (Å²) in [7, 11) is 0. The van der Waals surface area contributed by atoms with E-state index in [-0.39, 0.29) is 11.9 Å². The molecule has 0 spiro atoms. The number of likely N-dealkylation sites (tertiary alicyclic amines) is 2. The van der Waals surface area contributed by atoms with Gasteiger partial charge >= 0.3 is 0 Å². The van der Waals surface area contributed by atoms with Crippen LogP contribution in [0.1, 0.15) is 31.2 Å². The molecule has 1 aliphatic carbocycles. The Balaban J connectivity index is 1.48. The van der Waals surface area contributed by atoms with Gasteiger partial charge < -0.3 is 4.90 Å². The molecule has 2 heterocycles. The predicted octanol–water partition coefficient (Wildman–Crippen LogP) is 2.66. The molecule has 1 saturated carbocycles. The monoisotopic (exact) mass is 302 g/mol. The highest BCUT2D eigenvalue weighted by molar-refractivity contribution is 5.83. The van der Waals surface area contributed by atoms with Crippen molar-refractivity contribution in [2.24, 2.45) is 11.8 Å². The van der Waals surface area contributed by atoms with Gasteiger partial charge in [-0.25, -0.2) is 4.39 Å². The van der Waals surface area contributed by atoms with E-state index in [0.29, 0.717) is 18.4 Å². The van der Waals surface area contributed by atoms with E-state index in [1.807, 2.05) is 6.07 Å². The molecule has 0 unspecified atom stereocenters. The summed E-state index contributed by atoms with van der Waals surface area (Å²) in [5, 5.41) is 0. The number of halogens is 1. The average Bonchev–Trinajstić information content (AvgIpc) is 3.31. The lowest BCUT2D eigenvalue weighted by Crippen LogP contribution is -2.58. The fraction of sp³-hybridized carbons (Fsp3) is 0.611. The maximum atomic E-state index is 13.4. The zero-order valence-electron chi connectivity index (χ0n) is 12.9. The first-order valence-electron chi connectivity index (χ1n) is 8.46. The molecule has 0 radical (unpaired) electrons. The smallest absolute Gasteiger partial charge is 0.239 e. The van der Waals surface area contributed by atoms with Crippen LogP contribution < -0.4 is 0 Å². The maximum absolute atomic E-state index is 13.4.